The Bertz CT molecular complexity index is 1250. The topological polar surface area (TPSA) is 245 Å². The van der Waals surface area contributed by atoms with Crippen LogP contribution in [0.5, 0.6) is 11.8 Å². The second kappa shape index (κ2) is 45.8. The van der Waals surface area contributed by atoms with E-state index in [0.717, 1.165) is 22.2 Å². The van der Waals surface area contributed by atoms with Crippen molar-refractivity contribution in [1.82, 2.24) is 9.97 Å². The van der Waals surface area contributed by atoms with Crippen molar-refractivity contribution >= 4 is 31.9 Å². The molecule has 0 aliphatic heterocycles. The van der Waals surface area contributed by atoms with Crippen LogP contribution in [0, 0.1) is 0 Å². The Labute approximate surface area is 351 Å². The van der Waals surface area contributed by atoms with Crippen molar-refractivity contribution in [3.63, 3.8) is 0 Å². The molecular formula is C35H58Br2N8O12. The van der Waals surface area contributed by atoms with E-state index in [9.17, 15) is 0 Å². The molecule has 0 saturated heterocycles. The molecular weight excluding hydrogens is 884 g/mol. The number of hydrogen-bond donors (Lipinski definition) is 1. The van der Waals surface area contributed by atoms with Gasteiger partial charge in [-0.1, -0.05) is 29.3 Å². The monoisotopic (exact) mass is 940 g/mol. The van der Waals surface area contributed by atoms with Crippen molar-refractivity contribution < 1.29 is 57.2 Å². The van der Waals surface area contributed by atoms with Gasteiger partial charge < -0.3 is 57.2 Å². The summed E-state index contributed by atoms with van der Waals surface area (Å²) < 4.78 is 60.3. The van der Waals surface area contributed by atoms with Crippen LogP contribution in [0.15, 0.2) is 55.8 Å². The first-order valence-corrected chi connectivity index (χ1v) is 20.0. The minimum atomic E-state index is 0.0303. The molecule has 324 valence electrons. The Morgan fingerprint density at radius 1 is 0.491 bits per heavy atom. The summed E-state index contributed by atoms with van der Waals surface area (Å²) in [4.78, 5) is 13.5. The van der Waals surface area contributed by atoms with E-state index in [1.54, 1.807) is 12.1 Å². The predicted molar refractivity (Wildman–Crippen MR) is 218 cm³/mol. The lowest BCUT2D eigenvalue weighted by Crippen LogP contribution is -2.14. The Kier molecular flexibility index (Phi) is 43.4. The highest BCUT2D eigenvalue weighted by molar-refractivity contribution is 9.11. The first-order chi connectivity index (χ1) is 28.1. The maximum Gasteiger partial charge on any atom is 0.216 e. The molecule has 0 radical (unpaired) electrons. The molecule has 0 aliphatic rings. The van der Waals surface area contributed by atoms with Crippen LogP contribution in [-0.2, 0) is 42.6 Å². The van der Waals surface area contributed by atoms with Crippen LogP contribution >= 0.6 is 31.9 Å². The minimum absolute atomic E-state index is 0.0303. The fourth-order valence-electron chi connectivity index (χ4n) is 3.49. The maximum absolute atomic E-state index is 8.39. The zero-order valence-corrected chi connectivity index (χ0v) is 35.9. The van der Waals surface area contributed by atoms with Gasteiger partial charge in [0.1, 0.15) is 22.4 Å². The summed E-state index contributed by atoms with van der Waals surface area (Å²) in [6, 6.07) is 11.0. The van der Waals surface area contributed by atoms with E-state index in [-0.39, 0.29) is 6.61 Å². The first-order valence-electron chi connectivity index (χ1n) is 18.4. The quantitative estimate of drug-likeness (QED) is 0.0287. The highest BCUT2D eigenvalue weighted by Gasteiger charge is 2.01. The smallest absolute Gasteiger partial charge is 0.216 e. The lowest BCUT2D eigenvalue weighted by Gasteiger charge is -2.10. The molecule has 2 aromatic rings. The zero-order chi connectivity index (χ0) is 41.5. The lowest BCUT2D eigenvalue weighted by molar-refractivity contribution is 0.00889. The number of aliphatic hydroxyl groups is 1. The number of nitrogens with zero attached hydrogens (tertiary/aromatic N) is 8. The molecule has 0 unspecified atom stereocenters. The third-order valence-electron chi connectivity index (χ3n) is 5.95. The second-order valence-electron chi connectivity index (χ2n) is 10.4. The van der Waals surface area contributed by atoms with Gasteiger partial charge in [0.2, 0.25) is 11.8 Å². The van der Waals surface area contributed by atoms with Crippen LogP contribution < -0.4 is 9.47 Å². The molecule has 0 fully saturated rings. The number of aromatic nitrogens is 2. The standard InChI is InChI=1S/C22H38N4O8.C8H17N3O4.C5H3Br2N/c1-2-7-27-9-11-29-13-15-31-17-19-33-21-4-3-5-22(25-21)34-20-18-32-16-14-30-12-10-28-8-6-24-26-23;9-11-10-1-3-13-5-7-15-8-6-14-4-2-12;6-4-2-1-3-5(7)8-4/h3-5H,2,6-20H2,1H3;12H,1-8H2;1-3H. The van der Waals surface area contributed by atoms with E-state index in [4.69, 9.17) is 68.3 Å². The molecule has 2 aromatic heterocycles. The molecule has 0 aromatic carbocycles. The van der Waals surface area contributed by atoms with Gasteiger partial charge in [0.25, 0.3) is 0 Å². The minimum Gasteiger partial charge on any atom is -0.475 e. The maximum atomic E-state index is 8.39. The number of hydrogen-bond acceptors (Lipinski definition) is 16. The van der Waals surface area contributed by atoms with E-state index in [1.807, 2.05) is 24.3 Å². The molecule has 57 heavy (non-hydrogen) atoms. The van der Waals surface area contributed by atoms with E-state index in [2.05, 4.69) is 68.8 Å². The molecule has 2 heterocycles. The van der Waals surface area contributed by atoms with Crippen LogP contribution in [0.25, 0.3) is 20.9 Å². The molecule has 1 N–H and O–H groups in total. The number of azide groups is 2. The van der Waals surface area contributed by atoms with Crippen molar-refractivity contribution in [2.24, 2.45) is 10.2 Å². The molecule has 0 amide bonds. The summed E-state index contributed by atoms with van der Waals surface area (Å²) in [7, 11) is 0. The highest BCUT2D eigenvalue weighted by atomic mass is 79.9. The summed E-state index contributed by atoms with van der Waals surface area (Å²) in [5.74, 6) is 0.941. The lowest BCUT2D eigenvalue weighted by atomic mass is 10.5. The van der Waals surface area contributed by atoms with Crippen molar-refractivity contribution in [3.05, 3.63) is 66.5 Å². The molecule has 22 heteroatoms. The van der Waals surface area contributed by atoms with Crippen LogP contribution in [0.1, 0.15) is 13.3 Å². The predicted octanol–water partition coefficient (Wildman–Crippen LogP) is 5.60. The van der Waals surface area contributed by atoms with Gasteiger partial charge >= 0.3 is 0 Å². The number of ether oxygens (including phenoxy) is 11. The average Bonchev–Trinajstić information content (AvgIpc) is 3.21. The molecule has 2 rings (SSSR count). The van der Waals surface area contributed by atoms with Gasteiger partial charge in [0, 0.05) is 41.7 Å². The molecule has 0 aliphatic carbocycles. The summed E-state index contributed by atoms with van der Waals surface area (Å²) >= 11 is 6.44. The van der Waals surface area contributed by atoms with E-state index >= 15 is 0 Å². The third kappa shape index (κ3) is 42.5. The Balaban J connectivity index is 0.00000111. The van der Waals surface area contributed by atoms with Crippen LogP contribution in [0.4, 0.5) is 0 Å². The third-order valence-corrected chi connectivity index (χ3v) is 6.83. The molecule has 20 nitrogen and oxygen atoms in total. The number of halogens is 2. The normalized spacial score (nSPS) is 10.3. The Morgan fingerprint density at radius 3 is 1.16 bits per heavy atom. The number of rotatable bonds is 36. The fraction of sp³-hybridized carbons (Fsp3) is 0.714. The van der Waals surface area contributed by atoms with E-state index in [0.29, 0.717) is 150 Å². The van der Waals surface area contributed by atoms with Gasteiger partial charge in [-0.3, -0.25) is 0 Å². The Hall–Kier alpha value is -2.92. The average molecular weight is 943 g/mol. The van der Waals surface area contributed by atoms with Crippen molar-refractivity contribution in [2.45, 2.75) is 13.3 Å². The highest BCUT2D eigenvalue weighted by Crippen LogP contribution is 2.13. The molecule has 0 atom stereocenters. The summed E-state index contributed by atoms with van der Waals surface area (Å²) in [6.07, 6.45) is 1.01. The van der Waals surface area contributed by atoms with Gasteiger partial charge in [-0.2, -0.15) is 4.98 Å². The van der Waals surface area contributed by atoms with Crippen molar-refractivity contribution in [3.8, 4) is 11.8 Å². The van der Waals surface area contributed by atoms with Crippen LogP contribution in [0.2, 0.25) is 0 Å². The fourth-order valence-corrected chi connectivity index (χ4v) is 4.41. The van der Waals surface area contributed by atoms with Gasteiger partial charge in [0.05, 0.1) is 119 Å². The van der Waals surface area contributed by atoms with E-state index < -0.39 is 0 Å². The van der Waals surface area contributed by atoms with Crippen molar-refractivity contribution in [2.75, 3.05) is 152 Å². The summed E-state index contributed by atoms with van der Waals surface area (Å²) in [6.45, 7) is 12.2. The second-order valence-corrected chi connectivity index (χ2v) is 12.1. The first kappa shape index (κ1) is 54.1. The van der Waals surface area contributed by atoms with Crippen molar-refractivity contribution in [1.29, 1.82) is 0 Å². The summed E-state index contributed by atoms with van der Waals surface area (Å²) in [5, 5.41) is 15.1. The van der Waals surface area contributed by atoms with Crippen LogP contribution in [-0.4, -0.2) is 167 Å². The van der Waals surface area contributed by atoms with Gasteiger partial charge in [-0.15, -0.1) is 0 Å². The summed E-state index contributed by atoms with van der Waals surface area (Å²) in [5.41, 5.74) is 16.1. The largest absolute Gasteiger partial charge is 0.475 e. The van der Waals surface area contributed by atoms with Gasteiger partial charge in [-0.05, 0) is 61.5 Å². The molecule has 0 bridgehead atoms. The SMILES string of the molecule is Brc1cccc(Br)n1.CCCOCCOCCOCCOc1cccc(OCCOCCOCCOCCN=[N+]=[N-])n1.[N-]=[N+]=NCCOCCOCCOCCO. The van der Waals surface area contributed by atoms with Crippen LogP contribution in [0.3, 0.4) is 0 Å². The van der Waals surface area contributed by atoms with Gasteiger partial charge in [0.15, 0.2) is 0 Å². The number of pyridine rings is 2. The zero-order valence-electron chi connectivity index (χ0n) is 32.7. The van der Waals surface area contributed by atoms with E-state index in [1.165, 1.54) is 0 Å². The molecule has 0 saturated carbocycles. The molecule has 0 spiro atoms. The van der Waals surface area contributed by atoms with Gasteiger partial charge in [-0.25, -0.2) is 4.98 Å². The Morgan fingerprint density at radius 2 is 0.825 bits per heavy atom. The number of aliphatic hydroxyl groups excluding tert-OH is 1.